The number of ether oxygens (including phenoxy) is 2. The van der Waals surface area contributed by atoms with Gasteiger partial charge in [0, 0.05) is 5.56 Å². The highest BCUT2D eigenvalue weighted by molar-refractivity contribution is 5.92. The van der Waals surface area contributed by atoms with Gasteiger partial charge in [-0.25, -0.2) is 9.07 Å². The largest absolute Gasteiger partial charge is 0.491 e. The SMILES string of the molecule is CC1=C(C(=O)N[C@H]2CC(C)(C)Cc3c2cnn3-c2cccc(F)c2)OCCO1. The molecule has 0 saturated heterocycles. The third-order valence-electron chi connectivity index (χ3n) is 5.21. The first-order valence-corrected chi connectivity index (χ1v) is 9.44. The maximum absolute atomic E-state index is 13.7. The van der Waals surface area contributed by atoms with Crippen molar-refractivity contribution in [1.82, 2.24) is 15.1 Å². The summed E-state index contributed by atoms with van der Waals surface area (Å²) in [6.45, 7) is 6.85. The van der Waals surface area contributed by atoms with Crippen LogP contribution >= 0.6 is 0 Å². The van der Waals surface area contributed by atoms with E-state index >= 15 is 0 Å². The molecule has 1 amide bonds. The summed E-state index contributed by atoms with van der Waals surface area (Å²) in [6, 6.07) is 6.16. The predicted octanol–water partition coefficient (Wildman–Crippen LogP) is 3.42. The molecule has 2 aromatic rings. The molecule has 6 nitrogen and oxygen atoms in total. The van der Waals surface area contributed by atoms with E-state index < -0.39 is 0 Å². The smallest absolute Gasteiger partial charge is 0.290 e. The summed E-state index contributed by atoms with van der Waals surface area (Å²) < 4.78 is 26.4. The van der Waals surface area contributed by atoms with E-state index in [1.54, 1.807) is 23.9 Å². The Morgan fingerprint density at radius 2 is 2.11 bits per heavy atom. The van der Waals surface area contributed by atoms with Gasteiger partial charge in [-0.2, -0.15) is 5.10 Å². The summed E-state index contributed by atoms with van der Waals surface area (Å²) in [5.74, 6) is 0.131. The Morgan fingerprint density at radius 1 is 1.32 bits per heavy atom. The van der Waals surface area contributed by atoms with Crippen LogP contribution in [0.5, 0.6) is 0 Å². The van der Waals surface area contributed by atoms with Crippen molar-refractivity contribution < 1.29 is 18.7 Å². The van der Waals surface area contributed by atoms with E-state index in [-0.39, 0.29) is 28.9 Å². The molecular formula is C21H24FN3O3. The lowest BCUT2D eigenvalue weighted by atomic mass is 9.74. The van der Waals surface area contributed by atoms with Crippen molar-refractivity contribution in [3.63, 3.8) is 0 Å². The number of hydrogen-bond donors (Lipinski definition) is 1. The summed E-state index contributed by atoms with van der Waals surface area (Å²) >= 11 is 0. The first-order valence-electron chi connectivity index (χ1n) is 9.44. The van der Waals surface area contributed by atoms with Gasteiger partial charge in [-0.3, -0.25) is 4.79 Å². The Hall–Kier alpha value is -2.83. The number of allylic oxidation sites excluding steroid dienone is 1. The van der Waals surface area contributed by atoms with Gasteiger partial charge < -0.3 is 14.8 Å². The molecule has 0 fully saturated rings. The Morgan fingerprint density at radius 3 is 2.86 bits per heavy atom. The van der Waals surface area contributed by atoms with Gasteiger partial charge in [0.25, 0.3) is 5.91 Å². The number of nitrogens with one attached hydrogen (secondary N) is 1. The van der Waals surface area contributed by atoms with E-state index in [0.717, 1.165) is 24.1 Å². The van der Waals surface area contributed by atoms with Crippen molar-refractivity contribution >= 4 is 5.91 Å². The molecule has 28 heavy (non-hydrogen) atoms. The zero-order valence-corrected chi connectivity index (χ0v) is 16.3. The lowest BCUT2D eigenvalue weighted by Crippen LogP contribution is -2.38. The molecule has 0 saturated carbocycles. The highest BCUT2D eigenvalue weighted by Crippen LogP contribution is 2.41. The van der Waals surface area contributed by atoms with Gasteiger partial charge in [-0.05, 0) is 43.4 Å². The number of amides is 1. The minimum Gasteiger partial charge on any atom is -0.491 e. The third-order valence-corrected chi connectivity index (χ3v) is 5.21. The van der Waals surface area contributed by atoms with E-state index in [9.17, 15) is 9.18 Å². The number of hydrogen-bond acceptors (Lipinski definition) is 4. The third kappa shape index (κ3) is 3.48. The highest BCUT2D eigenvalue weighted by atomic mass is 19.1. The zero-order valence-electron chi connectivity index (χ0n) is 16.3. The number of rotatable bonds is 3. The van der Waals surface area contributed by atoms with Gasteiger partial charge >= 0.3 is 0 Å². The summed E-state index contributed by atoms with van der Waals surface area (Å²) in [7, 11) is 0. The number of fused-ring (bicyclic) bond motifs is 1. The average Bonchev–Trinajstić information content (AvgIpc) is 3.04. The highest BCUT2D eigenvalue weighted by Gasteiger charge is 2.37. The normalized spacial score (nSPS) is 20.8. The summed E-state index contributed by atoms with van der Waals surface area (Å²) in [4.78, 5) is 12.8. The molecule has 1 aromatic carbocycles. The van der Waals surface area contributed by atoms with Crippen LogP contribution in [0.1, 0.15) is 44.5 Å². The van der Waals surface area contributed by atoms with Gasteiger partial charge in [-0.1, -0.05) is 19.9 Å². The summed E-state index contributed by atoms with van der Waals surface area (Å²) in [5, 5.41) is 7.57. The lowest BCUT2D eigenvalue weighted by Gasteiger charge is -2.36. The van der Waals surface area contributed by atoms with E-state index in [2.05, 4.69) is 24.3 Å². The van der Waals surface area contributed by atoms with Gasteiger partial charge in [0.1, 0.15) is 24.8 Å². The second-order valence-corrected chi connectivity index (χ2v) is 8.09. The second-order valence-electron chi connectivity index (χ2n) is 8.09. The van der Waals surface area contributed by atoms with Crippen LogP contribution in [0.2, 0.25) is 0 Å². The van der Waals surface area contributed by atoms with Crippen LogP contribution in [0.3, 0.4) is 0 Å². The maximum atomic E-state index is 13.7. The molecule has 0 spiro atoms. The number of nitrogens with zero attached hydrogens (tertiary/aromatic N) is 2. The number of aromatic nitrogens is 2. The Bertz CT molecular complexity index is 948. The number of carbonyl (C=O) groups excluding carboxylic acids is 1. The Balaban J connectivity index is 1.67. The van der Waals surface area contributed by atoms with E-state index in [4.69, 9.17) is 9.47 Å². The monoisotopic (exact) mass is 385 g/mol. The Labute approximate surface area is 163 Å². The van der Waals surface area contributed by atoms with Crippen LogP contribution in [0.4, 0.5) is 4.39 Å². The molecule has 1 N–H and O–H groups in total. The summed E-state index contributed by atoms with van der Waals surface area (Å²) in [5.41, 5.74) is 2.56. The molecule has 2 heterocycles. The minimum absolute atomic E-state index is 0.0522. The molecule has 0 unspecified atom stereocenters. The second kappa shape index (κ2) is 6.96. The van der Waals surface area contributed by atoms with Gasteiger partial charge in [0.15, 0.2) is 0 Å². The molecule has 1 aliphatic carbocycles. The van der Waals surface area contributed by atoms with Crippen molar-refractivity contribution in [2.75, 3.05) is 13.2 Å². The fraction of sp³-hybridized carbons (Fsp3) is 0.429. The zero-order chi connectivity index (χ0) is 19.9. The molecule has 1 aromatic heterocycles. The average molecular weight is 385 g/mol. The van der Waals surface area contributed by atoms with Crippen molar-refractivity contribution in [2.24, 2.45) is 5.41 Å². The van der Waals surface area contributed by atoms with Crippen LogP contribution in [0, 0.1) is 11.2 Å². The fourth-order valence-electron chi connectivity index (χ4n) is 3.96. The topological polar surface area (TPSA) is 65.4 Å². The van der Waals surface area contributed by atoms with Crippen LogP contribution in [-0.2, 0) is 20.7 Å². The van der Waals surface area contributed by atoms with Crippen molar-refractivity contribution in [3.05, 3.63) is 59.1 Å². The quantitative estimate of drug-likeness (QED) is 0.879. The van der Waals surface area contributed by atoms with Gasteiger partial charge in [0.05, 0.1) is 23.6 Å². The number of benzene rings is 1. The molecule has 2 aliphatic rings. The predicted molar refractivity (Wildman–Crippen MR) is 101 cm³/mol. The lowest BCUT2D eigenvalue weighted by molar-refractivity contribution is -0.123. The first kappa shape index (κ1) is 18.5. The van der Waals surface area contributed by atoms with Crippen molar-refractivity contribution in [2.45, 2.75) is 39.7 Å². The van der Waals surface area contributed by atoms with E-state index in [1.165, 1.54) is 12.1 Å². The molecular weight excluding hydrogens is 361 g/mol. The van der Waals surface area contributed by atoms with Gasteiger partial charge in [0.2, 0.25) is 5.76 Å². The van der Waals surface area contributed by atoms with Crippen molar-refractivity contribution in [1.29, 1.82) is 0 Å². The van der Waals surface area contributed by atoms with Crippen LogP contribution in [0.25, 0.3) is 5.69 Å². The Kier molecular flexibility index (Phi) is 4.61. The maximum Gasteiger partial charge on any atom is 0.290 e. The molecule has 0 radical (unpaired) electrons. The fourth-order valence-corrected chi connectivity index (χ4v) is 3.96. The first-order chi connectivity index (χ1) is 13.3. The van der Waals surface area contributed by atoms with Crippen LogP contribution in [0.15, 0.2) is 42.0 Å². The van der Waals surface area contributed by atoms with Gasteiger partial charge in [-0.15, -0.1) is 0 Å². The van der Waals surface area contributed by atoms with Crippen LogP contribution in [-0.4, -0.2) is 28.9 Å². The summed E-state index contributed by atoms with van der Waals surface area (Å²) in [6.07, 6.45) is 3.32. The standard InChI is InChI=1S/C21H24FN3O3/c1-13-19(28-8-7-27-13)20(26)24-17-10-21(2,3)11-18-16(17)12-23-25(18)15-6-4-5-14(22)9-15/h4-6,9,12,17H,7-8,10-11H2,1-3H3,(H,24,26)/t17-/m0/s1. The molecule has 1 atom stereocenters. The minimum atomic E-state index is -0.307. The van der Waals surface area contributed by atoms with E-state index in [0.29, 0.717) is 24.7 Å². The molecule has 7 heteroatoms. The molecule has 4 rings (SSSR count). The number of carbonyl (C=O) groups is 1. The molecule has 1 aliphatic heterocycles. The van der Waals surface area contributed by atoms with Crippen LogP contribution < -0.4 is 5.32 Å². The van der Waals surface area contributed by atoms with Crippen molar-refractivity contribution in [3.8, 4) is 5.69 Å². The molecule has 148 valence electrons. The number of halogens is 1. The molecule has 0 bridgehead atoms. The van der Waals surface area contributed by atoms with E-state index in [1.807, 2.05) is 6.07 Å².